The minimum absolute atomic E-state index is 0.0794. The minimum atomic E-state index is -0.0794. The Hall–Kier alpha value is -3.39. The van der Waals surface area contributed by atoms with Crippen molar-refractivity contribution in [1.82, 2.24) is 9.55 Å². The summed E-state index contributed by atoms with van der Waals surface area (Å²) in [6, 6.07) is 28.4. The van der Waals surface area contributed by atoms with Crippen molar-refractivity contribution in [3.8, 4) is 16.8 Å². The fourth-order valence-electron chi connectivity index (χ4n) is 4.82. The quantitative estimate of drug-likeness (QED) is 0.334. The number of hydrogen-bond donors (Lipinski definition) is 0. The summed E-state index contributed by atoms with van der Waals surface area (Å²) < 4.78 is 2.41. The molecule has 0 spiro atoms. The minimum Gasteiger partial charge on any atom is -0.307 e. The van der Waals surface area contributed by atoms with Gasteiger partial charge in [-0.3, -0.25) is 4.98 Å². The molecule has 0 fully saturated rings. The molecule has 0 atom stereocenters. The first kappa shape index (κ1) is 15.6. The zero-order valence-electron chi connectivity index (χ0n) is 16.0. The van der Waals surface area contributed by atoms with Gasteiger partial charge in [0.05, 0.1) is 22.2 Å². The third kappa shape index (κ3) is 1.90. The standard InChI is InChI=1S/C26H20N2/c1-26(2)20-11-6-10-19-24-23(12-7-15-27-24)28(25(19)20)22-14-13-18(16-21(22)26)17-8-4-3-5-9-17/h3-16H,1-2H3. The van der Waals surface area contributed by atoms with E-state index in [-0.39, 0.29) is 5.41 Å². The van der Waals surface area contributed by atoms with E-state index in [1.54, 1.807) is 0 Å². The summed E-state index contributed by atoms with van der Waals surface area (Å²) in [5.41, 5.74) is 9.96. The highest BCUT2D eigenvalue weighted by Crippen LogP contribution is 2.47. The van der Waals surface area contributed by atoms with Crippen LogP contribution in [0.1, 0.15) is 25.0 Å². The third-order valence-electron chi connectivity index (χ3n) is 6.23. The normalized spacial score (nSPS) is 14.4. The van der Waals surface area contributed by atoms with E-state index in [4.69, 9.17) is 4.98 Å². The number of hydrogen-bond acceptors (Lipinski definition) is 1. The molecule has 0 saturated carbocycles. The predicted molar refractivity (Wildman–Crippen MR) is 116 cm³/mol. The van der Waals surface area contributed by atoms with Gasteiger partial charge in [-0.15, -0.1) is 0 Å². The molecule has 0 amide bonds. The number of rotatable bonds is 1. The van der Waals surface area contributed by atoms with Crippen LogP contribution >= 0.6 is 0 Å². The van der Waals surface area contributed by atoms with Crippen LogP contribution in [0.2, 0.25) is 0 Å². The van der Waals surface area contributed by atoms with Crippen molar-refractivity contribution in [1.29, 1.82) is 0 Å². The summed E-state index contributed by atoms with van der Waals surface area (Å²) in [7, 11) is 0. The zero-order valence-corrected chi connectivity index (χ0v) is 16.0. The van der Waals surface area contributed by atoms with E-state index in [0.717, 1.165) is 5.52 Å². The van der Waals surface area contributed by atoms with Gasteiger partial charge in [0.1, 0.15) is 0 Å². The maximum absolute atomic E-state index is 4.71. The molecule has 0 aliphatic carbocycles. The highest BCUT2D eigenvalue weighted by molar-refractivity contribution is 6.09. The van der Waals surface area contributed by atoms with Crippen LogP contribution in [-0.2, 0) is 5.41 Å². The van der Waals surface area contributed by atoms with E-state index < -0.39 is 0 Å². The van der Waals surface area contributed by atoms with Crippen molar-refractivity contribution in [2.75, 3.05) is 0 Å². The summed E-state index contributed by atoms with van der Waals surface area (Å²) >= 11 is 0. The molecule has 1 aliphatic heterocycles. The van der Waals surface area contributed by atoms with Crippen LogP contribution in [0.5, 0.6) is 0 Å². The highest BCUT2D eigenvalue weighted by atomic mass is 15.0. The highest BCUT2D eigenvalue weighted by Gasteiger charge is 2.35. The van der Waals surface area contributed by atoms with Crippen molar-refractivity contribution in [3.63, 3.8) is 0 Å². The van der Waals surface area contributed by atoms with Crippen LogP contribution in [0.4, 0.5) is 0 Å². The van der Waals surface area contributed by atoms with Gasteiger partial charge in [0.2, 0.25) is 0 Å². The van der Waals surface area contributed by atoms with E-state index >= 15 is 0 Å². The predicted octanol–water partition coefficient (Wildman–Crippen LogP) is 6.49. The molecule has 3 aromatic carbocycles. The zero-order chi connectivity index (χ0) is 18.9. The molecule has 5 aromatic rings. The second kappa shape index (κ2) is 5.32. The molecule has 2 heteroatoms. The van der Waals surface area contributed by atoms with Crippen molar-refractivity contribution in [3.05, 3.63) is 96.2 Å². The van der Waals surface area contributed by atoms with Crippen molar-refractivity contribution < 1.29 is 0 Å². The molecule has 0 N–H and O–H groups in total. The van der Waals surface area contributed by atoms with E-state index in [9.17, 15) is 0 Å². The number of nitrogens with zero attached hydrogens (tertiary/aromatic N) is 2. The monoisotopic (exact) mass is 360 g/mol. The number of fused-ring (bicyclic) bond motifs is 5. The molecule has 0 saturated heterocycles. The summed E-state index contributed by atoms with van der Waals surface area (Å²) in [6.45, 7) is 4.67. The van der Waals surface area contributed by atoms with Gasteiger partial charge in [0, 0.05) is 17.0 Å². The van der Waals surface area contributed by atoms with Gasteiger partial charge >= 0.3 is 0 Å². The van der Waals surface area contributed by atoms with Gasteiger partial charge in [-0.25, -0.2) is 0 Å². The average molecular weight is 360 g/mol. The van der Waals surface area contributed by atoms with Gasteiger partial charge in [0.15, 0.2) is 0 Å². The lowest BCUT2D eigenvalue weighted by Crippen LogP contribution is -2.26. The fourth-order valence-corrected chi connectivity index (χ4v) is 4.82. The Labute approximate surface area is 164 Å². The maximum Gasteiger partial charge on any atom is 0.0963 e. The van der Waals surface area contributed by atoms with Gasteiger partial charge in [-0.05, 0) is 46.5 Å². The number of pyridine rings is 1. The second-order valence-corrected chi connectivity index (χ2v) is 8.13. The van der Waals surface area contributed by atoms with Crippen molar-refractivity contribution in [2.45, 2.75) is 19.3 Å². The van der Waals surface area contributed by atoms with E-state index in [0.29, 0.717) is 0 Å². The second-order valence-electron chi connectivity index (χ2n) is 8.13. The lowest BCUT2D eigenvalue weighted by Gasteiger charge is -2.35. The SMILES string of the molecule is CC1(C)c2cc(-c3ccccc3)ccc2-n2c3cccnc3c3cccc1c32. The lowest BCUT2D eigenvalue weighted by atomic mass is 9.74. The molecule has 0 unspecified atom stereocenters. The first-order valence-electron chi connectivity index (χ1n) is 9.75. The molecule has 0 bridgehead atoms. The molecule has 6 rings (SSSR count). The number of benzene rings is 3. The Morgan fingerprint density at radius 2 is 1.61 bits per heavy atom. The topological polar surface area (TPSA) is 17.8 Å². The van der Waals surface area contributed by atoms with Crippen LogP contribution in [0.15, 0.2) is 85.1 Å². The number of aromatic nitrogens is 2. The van der Waals surface area contributed by atoms with Gasteiger partial charge in [-0.1, -0.05) is 68.4 Å². The molecule has 1 aliphatic rings. The lowest BCUT2D eigenvalue weighted by molar-refractivity contribution is 0.630. The Kier molecular flexibility index (Phi) is 2.98. The van der Waals surface area contributed by atoms with Crippen LogP contribution in [0, 0.1) is 0 Å². The molecule has 3 heterocycles. The molecular formula is C26H20N2. The fraction of sp³-hybridized carbons (Fsp3) is 0.115. The molecular weight excluding hydrogens is 340 g/mol. The molecule has 134 valence electrons. The average Bonchev–Trinajstić information content (AvgIpc) is 3.08. The first-order valence-corrected chi connectivity index (χ1v) is 9.75. The van der Waals surface area contributed by atoms with Crippen molar-refractivity contribution >= 4 is 21.9 Å². The molecule has 2 aromatic heterocycles. The Balaban J connectivity index is 1.76. The van der Waals surface area contributed by atoms with Crippen LogP contribution in [0.3, 0.4) is 0 Å². The Morgan fingerprint density at radius 3 is 2.46 bits per heavy atom. The van der Waals surface area contributed by atoms with E-state index in [1.807, 2.05) is 12.3 Å². The van der Waals surface area contributed by atoms with Gasteiger partial charge in [0.25, 0.3) is 0 Å². The maximum atomic E-state index is 4.71. The number of para-hydroxylation sites is 1. The molecule has 2 nitrogen and oxygen atoms in total. The van der Waals surface area contributed by atoms with Crippen molar-refractivity contribution in [2.24, 2.45) is 0 Å². The summed E-state index contributed by atoms with van der Waals surface area (Å²) in [6.07, 6.45) is 1.89. The summed E-state index contributed by atoms with van der Waals surface area (Å²) in [4.78, 5) is 4.71. The molecule has 28 heavy (non-hydrogen) atoms. The van der Waals surface area contributed by atoms with Gasteiger partial charge in [-0.2, -0.15) is 0 Å². The van der Waals surface area contributed by atoms with E-state index in [2.05, 4.69) is 91.2 Å². The van der Waals surface area contributed by atoms with Crippen LogP contribution in [-0.4, -0.2) is 9.55 Å². The summed E-state index contributed by atoms with van der Waals surface area (Å²) in [5.74, 6) is 0. The van der Waals surface area contributed by atoms with Crippen LogP contribution in [0.25, 0.3) is 38.8 Å². The largest absolute Gasteiger partial charge is 0.307 e. The smallest absolute Gasteiger partial charge is 0.0963 e. The third-order valence-corrected chi connectivity index (χ3v) is 6.23. The van der Waals surface area contributed by atoms with E-state index in [1.165, 1.54) is 44.4 Å². The Morgan fingerprint density at radius 1 is 0.750 bits per heavy atom. The Bertz CT molecular complexity index is 1370. The van der Waals surface area contributed by atoms with Gasteiger partial charge < -0.3 is 4.57 Å². The molecule has 0 radical (unpaired) electrons. The first-order chi connectivity index (χ1) is 13.7. The summed E-state index contributed by atoms with van der Waals surface area (Å²) in [5, 5.41) is 1.24. The van der Waals surface area contributed by atoms with Crippen LogP contribution < -0.4 is 0 Å².